The number of rotatable bonds is 8. The first-order valence-electron chi connectivity index (χ1n) is 7.13. The Morgan fingerprint density at radius 1 is 0.857 bits per heavy atom. The van der Waals surface area contributed by atoms with Crippen molar-refractivity contribution in [1.82, 2.24) is 0 Å². The molecule has 0 heterocycles. The third kappa shape index (κ3) is 5.68. The minimum atomic E-state index is 0.622. The monoisotopic (exact) mass is 281 g/mol. The second kappa shape index (κ2) is 8.78. The van der Waals surface area contributed by atoms with Crippen molar-refractivity contribution in [3.8, 4) is 11.8 Å². The molecule has 0 aliphatic heterocycles. The smallest absolute Gasteiger partial charge is 0.119 e. The molecule has 2 rings (SSSR count). The van der Waals surface area contributed by atoms with Crippen LogP contribution >= 0.6 is 0 Å². The summed E-state index contributed by atoms with van der Waals surface area (Å²) in [6.07, 6.45) is 1.80. The maximum Gasteiger partial charge on any atom is 0.119 e. The van der Waals surface area contributed by atoms with E-state index in [9.17, 15) is 0 Å². The van der Waals surface area contributed by atoms with Crippen LogP contribution in [-0.2, 0) is 11.2 Å². The maximum absolute atomic E-state index is 8.70. The van der Waals surface area contributed by atoms with Crippen LogP contribution in [0.4, 0.5) is 0 Å². The number of hydrogen-bond acceptors (Lipinski definition) is 3. The molecule has 0 aliphatic carbocycles. The fourth-order valence-corrected chi connectivity index (χ4v) is 1.91. The Morgan fingerprint density at radius 3 is 2.33 bits per heavy atom. The zero-order valence-electron chi connectivity index (χ0n) is 12.0. The van der Waals surface area contributed by atoms with Crippen LogP contribution in [0.2, 0.25) is 0 Å². The van der Waals surface area contributed by atoms with Crippen molar-refractivity contribution >= 4 is 0 Å². The molecular formula is C18H19NO2. The third-order valence-corrected chi connectivity index (χ3v) is 3.06. The quantitative estimate of drug-likeness (QED) is 0.694. The Balaban J connectivity index is 1.53. The molecule has 0 aromatic heterocycles. The molecule has 3 heteroatoms. The largest absolute Gasteiger partial charge is 0.494 e. The van der Waals surface area contributed by atoms with Gasteiger partial charge in [0.25, 0.3) is 0 Å². The van der Waals surface area contributed by atoms with E-state index in [1.807, 2.05) is 30.3 Å². The maximum atomic E-state index is 8.70. The van der Waals surface area contributed by atoms with E-state index in [0.29, 0.717) is 18.8 Å². The lowest BCUT2D eigenvalue weighted by Crippen LogP contribution is -2.05. The van der Waals surface area contributed by atoms with Crippen molar-refractivity contribution in [2.75, 3.05) is 19.8 Å². The van der Waals surface area contributed by atoms with Crippen molar-refractivity contribution in [2.24, 2.45) is 0 Å². The van der Waals surface area contributed by atoms with Gasteiger partial charge in [0, 0.05) is 13.0 Å². The van der Waals surface area contributed by atoms with Gasteiger partial charge in [-0.25, -0.2) is 0 Å². The normalized spacial score (nSPS) is 10.0. The fraction of sp³-hybridized carbons (Fsp3) is 0.278. The predicted octanol–water partition coefficient (Wildman–Crippen LogP) is 3.59. The Bertz CT molecular complexity index is 558. The van der Waals surface area contributed by atoms with Crippen molar-refractivity contribution < 1.29 is 9.47 Å². The Morgan fingerprint density at radius 2 is 1.62 bits per heavy atom. The van der Waals surface area contributed by atoms with Crippen LogP contribution in [0.5, 0.6) is 5.75 Å². The highest BCUT2D eigenvalue weighted by atomic mass is 16.5. The highest BCUT2D eigenvalue weighted by Gasteiger charge is 1.96. The van der Waals surface area contributed by atoms with Crippen LogP contribution in [-0.4, -0.2) is 19.8 Å². The molecule has 0 bridgehead atoms. The van der Waals surface area contributed by atoms with Crippen LogP contribution in [0.25, 0.3) is 0 Å². The van der Waals surface area contributed by atoms with Gasteiger partial charge < -0.3 is 9.47 Å². The molecule has 21 heavy (non-hydrogen) atoms. The summed E-state index contributed by atoms with van der Waals surface area (Å²) in [7, 11) is 0. The van der Waals surface area contributed by atoms with Crippen molar-refractivity contribution in [2.45, 2.75) is 12.8 Å². The van der Waals surface area contributed by atoms with Crippen LogP contribution in [0.1, 0.15) is 17.5 Å². The first kappa shape index (κ1) is 15.1. The molecule has 0 radical (unpaired) electrons. The number of ether oxygens (including phenoxy) is 2. The van der Waals surface area contributed by atoms with E-state index in [1.165, 1.54) is 5.56 Å². The van der Waals surface area contributed by atoms with Gasteiger partial charge in [0.15, 0.2) is 0 Å². The minimum absolute atomic E-state index is 0.622. The lowest BCUT2D eigenvalue weighted by Gasteiger charge is -2.07. The zero-order chi connectivity index (χ0) is 14.8. The molecule has 0 spiro atoms. The molecule has 0 atom stereocenters. The molecule has 0 saturated carbocycles. The summed E-state index contributed by atoms with van der Waals surface area (Å²) in [6, 6.07) is 19.5. The molecule has 0 aliphatic rings. The number of hydrogen-bond donors (Lipinski definition) is 0. The first-order valence-corrected chi connectivity index (χ1v) is 7.13. The van der Waals surface area contributed by atoms with Crippen LogP contribution < -0.4 is 4.74 Å². The number of benzene rings is 2. The van der Waals surface area contributed by atoms with Crippen LogP contribution in [0.3, 0.4) is 0 Å². The minimum Gasteiger partial charge on any atom is -0.494 e. The van der Waals surface area contributed by atoms with Crippen LogP contribution in [0.15, 0.2) is 54.6 Å². The molecule has 0 saturated heterocycles. The van der Waals surface area contributed by atoms with E-state index >= 15 is 0 Å². The van der Waals surface area contributed by atoms with Gasteiger partial charge in [0.1, 0.15) is 5.75 Å². The number of nitrogens with zero attached hydrogens (tertiary/aromatic N) is 1. The van der Waals surface area contributed by atoms with Gasteiger partial charge in [-0.3, -0.25) is 0 Å². The van der Waals surface area contributed by atoms with Crippen molar-refractivity contribution in [3.05, 3.63) is 65.7 Å². The Kier molecular flexibility index (Phi) is 6.31. The van der Waals surface area contributed by atoms with Gasteiger partial charge in [-0.2, -0.15) is 5.26 Å². The summed E-state index contributed by atoms with van der Waals surface area (Å²) < 4.78 is 11.2. The van der Waals surface area contributed by atoms with Crippen LogP contribution in [0, 0.1) is 11.3 Å². The SMILES string of the molecule is N#Cc1ccc(OCCCOCCc2ccccc2)cc1. The summed E-state index contributed by atoms with van der Waals surface area (Å²) >= 11 is 0. The van der Waals surface area contributed by atoms with E-state index in [2.05, 4.69) is 18.2 Å². The fourth-order valence-electron chi connectivity index (χ4n) is 1.91. The molecular weight excluding hydrogens is 262 g/mol. The van der Waals surface area contributed by atoms with Gasteiger partial charge >= 0.3 is 0 Å². The molecule has 2 aromatic carbocycles. The molecule has 3 nitrogen and oxygen atoms in total. The van der Waals surface area contributed by atoms with E-state index in [0.717, 1.165) is 25.2 Å². The summed E-state index contributed by atoms with van der Waals surface area (Å²) in [5, 5.41) is 8.70. The van der Waals surface area contributed by atoms with Gasteiger partial charge in [-0.05, 0) is 36.2 Å². The van der Waals surface area contributed by atoms with E-state index in [4.69, 9.17) is 14.7 Å². The molecule has 2 aromatic rings. The predicted molar refractivity (Wildman–Crippen MR) is 82.2 cm³/mol. The van der Waals surface area contributed by atoms with Gasteiger partial charge in [0.05, 0.1) is 24.8 Å². The summed E-state index contributed by atoms with van der Waals surface area (Å²) in [5.74, 6) is 0.790. The number of nitriles is 1. The second-order valence-electron chi connectivity index (χ2n) is 4.69. The molecule has 0 N–H and O–H groups in total. The average molecular weight is 281 g/mol. The lowest BCUT2D eigenvalue weighted by atomic mass is 10.2. The lowest BCUT2D eigenvalue weighted by molar-refractivity contribution is 0.122. The zero-order valence-corrected chi connectivity index (χ0v) is 12.0. The van der Waals surface area contributed by atoms with E-state index < -0.39 is 0 Å². The Hall–Kier alpha value is -2.31. The van der Waals surface area contributed by atoms with E-state index in [-0.39, 0.29) is 0 Å². The second-order valence-corrected chi connectivity index (χ2v) is 4.69. The van der Waals surface area contributed by atoms with Crippen molar-refractivity contribution in [1.29, 1.82) is 5.26 Å². The molecule has 108 valence electrons. The molecule has 0 amide bonds. The Labute approximate surface area is 125 Å². The molecule has 0 unspecified atom stereocenters. The standard InChI is InChI=1S/C18H19NO2/c19-15-17-7-9-18(10-8-17)21-13-4-12-20-14-11-16-5-2-1-3-6-16/h1-3,5-10H,4,11-14H2. The van der Waals surface area contributed by atoms with Crippen molar-refractivity contribution in [3.63, 3.8) is 0 Å². The summed E-state index contributed by atoms with van der Waals surface area (Å²) in [6.45, 7) is 2.06. The van der Waals surface area contributed by atoms with E-state index in [1.54, 1.807) is 12.1 Å². The van der Waals surface area contributed by atoms with Gasteiger partial charge in [0.2, 0.25) is 0 Å². The summed E-state index contributed by atoms with van der Waals surface area (Å²) in [4.78, 5) is 0. The third-order valence-electron chi connectivity index (χ3n) is 3.06. The highest BCUT2D eigenvalue weighted by Crippen LogP contribution is 2.11. The topological polar surface area (TPSA) is 42.2 Å². The van der Waals surface area contributed by atoms with Gasteiger partial charge in [-0.1, -0.05) is 30.3 Å². The average Bonchev–Trinajstić information content (AvgIpc) is 2.55. The summed E-state index contributed by atoms with van der Waals surface area (Å²) in [5.41, 5.74) is 1.94. The highest BCUT2D eigenvalue weighted by molar-refractivity contribution is 5.34. The molecule has 0 fully saturated rings. The van der Waals surface area contributed by atoms with Gasteiger partial charge in [-0.15, -0.1) is 0 Å². The first-order chi connectivity index (χ1) is 10.4.